The zero-order valence-electron chi connectivity index (χ0n) is 11.1. The van der Waals surface area contributed by atoms with Crippen molar-refractivity contribution < 1.29 is 14.6 Å². The standard InChI is InChI=1S/C15H21NO3/c17-11-14-9-5-2-6-10-16(14)15(18)19-12-13-7-3-1-4-8-13/h1,3-4,7-8,14,17H,2,5-6,9-12H2. The molecule has 4 nitrogen and oxygen atoms in total. The molecule has 1 amide bonds. The second-order valence-electron chi connectivity index (χ2n) is 4.92. The summed E-state index contributed by atoms with van der Waals surface area (Å²) in [5, 5.41) is 9.37. The zero-order valence-corrected chi connectivity index (χ0v) is 11.1. The highest BCUT2D eigenvalue weighted by atomic mass is 16.6. The van der Waals surface area contributed by atoms with Crippen LogP contribution in [0.2, 0.25) is 0 Å². The van der Waals surface area contributed by atoms with Crippen LogP contribution in [0.3, 0.4) is 0 Å². The Morgan fingerprint density at radius 3 is 2.79 bits per heavy atom. The second kappa shape index (κ2) is 7.14. The van der Waals surface area contributed by atoms with Gasteiger partial charge < -0.3 is 14.7 Å². The van der Waals surface area contributed by atoms with E-state index in [0.29, 0.717) is 6.54 Å². The molecule has 0 radical (unpaired) electrons. The third-order valence-electron chi connectivity index (χ3n) is 3.53. The van der Waals surface area contributed by atoms with Crippen molar-refractivity contribution in [3.8, 4) is 0 Å². The molecule has 1 aliphatic rings. The lowest BCUT2D eigenvalue weighted by Gasteiger charge is -2.27. The van der Waals surface area contributed by atoms with Crippen LogP contribution in [0.25, 0.3) is 0 Å². The third-order valence-corrected chi connectivity index (χ3v) is 3.53. The normalized spacial score (nSPS) is 19.8. The Hall–Kier alpha value is -1.55. The largest absolute Gasteiger partial charge is 0.445 e. The summed E-state index contributed by atoms with van der Waals surface area (Å²) in [6.07, 6.45) is 3.70. The van der Waals surface area contributed by atoms with E-state index >= 15 is 0 Å². The molecule has 104 valence electrons. The van der Waals surface area contributed by atoms with Crippen LogP contribution in [0.15, 0.2) is 30.3 Å². The maximum Gasteiger partial charge on any atom is 0.410 e. The van der Waals surface area contributed by atoms with Crippen LogP contribution in [0.4, 0.5) is 4.79 Å². The molecule has 0 saturated carbocycles. The number of amides is 1. The highest BCUT2D eigenvalue weighted by molar-refractivity contribution is 5.68. The minimum absolute atomic E-state index is 0.0143. The van der Waals surface area contributed by atoms with Crippen molar-refractivity contribution in [3.05, 3.63) is 35.9 Å². The first-order valence-corrected chi connectivity index (χ1v) is 6.89. The van der Waals surface area contributed by atoms with Crippen LogP contribution in [0.1, 0.15) is 31.2 Å². The summed E-state index contributed by atoms with van der Waals surface area (Å²) in [7, 11) is 0. The summed E-state index contributed by atoms with van der Waals surface area (Å²) < 4.78 is 5.33. The molecule has 19 heavy (non-hydrogen) atoms. The van der Waals surface area contributed by atoms with E-state index < -0.39 is 0 Å². The first-order chi connectivity index (χ1) is 9.31. The van der Waals surface area contributed by atoms with Crippen LogP contribution in [0.5, 0.6) is 0 Å². The summed E-state index contributed by atoms with van der Waals surface area (Å²) in [4.78, 5) is 13.8. The van der Waals surface area contributed by atoms with E-state index in [4.69, 9.17) is 4.74 Å². The molecule has 1 aromatic carbocycles. The Bertz CT molecular complexity index is 394. The van der Waals surface area contributed by atoms with E-state index in [2.05, 4.69) is 0 Å². The molecule has 1 heterocycles. The Kier molecular flexibility index (Phi) is 5.21. The van der Waals surface area contributed by atoms with E-state index in [1.165, 1.54) is 0 Å². The van der Waals surface area contributed by atoms with Gasteiger partial charge in [0, 0.05) is 6.54 Å². The van der Waals surface area contributed by atoms with Gasteiger partial charge in [0.2, 0.25) is 0 Å². The van der Waals surface area contributed by atoms with Gasteiger partial charge in [-0.1, -0.05) is 43.2 Å². The lowest BCUT2D eigenvalue weighted by atomic mass is 10.1. The fourth-order valence-electron chi connectivity index (χ4n) is 2.41. The van der Waals surface area contributed by atoms with Gasteiger partial charge in [0.1, 0.15) is 6.61 Å². The average molecular weight is 263 g/mol. The maximum absolute atomic E-state index is 12.1. The number of aliphatic hydroxyl groups is 1. The molecule has 4 heteroatoms. The van der Waals surface area contributed by atoms with Gasteiger partial charge >= 0.3 is 6.09 Å². The molecule has 1 N–H and O–H groups in total. The van der Waals surface area contributed by atoms with Gasteiger partial charge in [0.25, 0.3) is 0 Å². The number of ether oxygens (including phenoxy) is 1. The molecule has 1 aromatic rings. The van der Waals surface area contributed by atoms with Gasteiger partial charge in [-0.3, -0.25) is 0 Å². The predicted octanol–water partition coefficient (Wildman–Crippen LogP) is 2.56. The minimum atomic E-state index is -0.315. The van der Waals surface area contributed by atoms with Gasteiger partial charge in [0.15, 0.2) is 0 Å². The summed E-state index contributed by atoms with van der Waals surface area (Å²) in [6.45, 7) is 0.980. The zero-order chi connectivity index (χ0) is 13.5. The number of benzene rings is 1. The number of hydrogen-bond acceptors (Lipinski definition) is 3. The summed E-state index contributed by atoms with van der Waals surface area (Å²) in [5.74, 6) is 0. The number of nitrogens with zero attached hydrogens (tertiary/aromatic N) is 1. The smallest absolute Gasteiger partial charge is 0.410 e. The molecule has 0 aromatic heterocycles. The molecule has 0 bridgehead atoms. The topological polar surface area (TPSA) is 49.8 Å². The van der Waals surface area contributed by atoms with Crippen molar-refractivity contribution in [1.82, 2.24) is 4.90 Å². The molecule has 2 rings (SSSR count). The number of rotatable bonds is 3. The minimum Gasteiger partial charge on any atom is -0.445 e. The highest BCUT2D eigenvalue weighted by Crippen LogP contribution is 2.17. The van der Waals surface area contributed by atoms with Crippen LogP contribution < -0.4 is 0 Å². The summed E-state index contributed by atoms with van der Waals surface area (Å²) in [5.41, 5.74) is 0.978. The van der Waals surface area contributed by atoms with Crippen LogP contribution in [-0.4, -0.2) is 35.3 Å². The third kappa shape index (κ3) is 3.96. The van der Waals surface area contributed by atoms with Gasteiger partial charge in [0.05, 0.1) is 12.6 Å². The predicted molar refractivity (Wildman–Crippen MR) is 72.7 cm³/mol. The van der Waals surface area contributed by atoms with Crippen LogP contribution in [0, 0.1) is 0 Å². The van der Waals surface area contributed by atoms with Gasteiger partial charge in [-0.15, -0.1) is 0 Å². The van der Waals surface area contributed by atoms with E-state index in [9.17, 15) is 9.90 Å². The van der Waals surface area contributed by atoms with E-state index in [1.807, 2.05) is 30.3 Å². The average Bonchev–Trinajstić information content (AvgIpc) is 2.71. The van der Waals surface area contributed by atoms with E-state index in [0.717, 1.165) is 31.2 Å². The van der Waals surface area contributed by atoms with E-state index in [1.54, 1.807) is 4.90 Å². The fraction of sp³-hybridized carbons (Fsp3) is 0.533. The van der Waals surface area contributed by atoms with Gasteiger partial charge in [-0.05, 0) is 18.4 Å². The second-order valence-corrected chi connectivity index (χ2v) is 4.92. The van der Waals surface area contributed by atoms with E-state index in [-0.39, 0.29) is 25.3 Å². The van der Waals surface area contributed by atoms with Crippen LogP contribution in [-0.2, 0) is 11.3 Å². The molecule has 1 unspecified atom stereocenters. The summed E-state index contributed by atoms with van der Waals surface area (Å²) >= 11 is 0. The number of likely N-dealkylation sites (tertiary alicyclic amines) is 1. The number of carbonyl (C=O) groups excluding carboxylic acids is 1. The fourth-order valence-corrected chi connectivity index (χ4v) is 2.41. The first kappa shape index (κ1) is 13.9. The molecular formula is C15H21NO3. The highest BCUT2D eigenvalue weighted by Gasteiger charge is 2.25. The Morgan fingerprint density at radius 1 is 1.26 bits per heavy atom. The molecule has 0 spiro atoms. The Labute approximate surface area is 114 Å². The van der Waals surface area contributed by atoms with Gasteiger partial charge in [-0.25, -0.2) is 4.79 Å². The monoisotopic (exact) mass is 263 g/mol. The van der Waals surface area contributed by atoms with Crippen molar-refractivity contribution in [2.75, 3.05) is 13.2 Å². The summed E-state index contributed by atoms with van der Waals surface area (Å²) in [6, 6.07) is 9.54. The lowest BCUT2D eigenvalue weighted by Crippen LogP contribution is -2.42. The molecule has 0 aliphatic carbocycles. The number of carbonyl (C=O) groups is 1. The SMILES string of the molecule is O=C(OCc1ccccc1)N1CCCCCC1CO. The van der Waals surface area contributed by atoms with Gasteiger partial charge in [-0.2, -0.15) is 0 Å². The molecule has 1 atom stereocenters. The van der Waals surface area contributed by atoms with Crippen molar-refractivity contribution >= 4 is 6.09 Å². The Morgan fingerprint density at radius 2 is 2.05 bits per heavy atom. The lowest BCUT2D eigenvalue weighted by molar-refractivity contribution is 0.0655. The molecule has 1 saturated heterocycles. The molecule has 1 fully saturated rings. The maximum atomic E-state index is 12.1. The van der Waals surface area contributed by atoms with Crippen molar-refractivity contribution in [2.45, 2.75) is 38.3 Å². The van der Waals surface area contributed by atoms with Crippen molar-refractivity contribution in [3.63, 3.8) is 0 Å². The molecule has 1 aliphatic heterocycles. The first-order valence-electron chi connectivity index (χ1n) is 6.89. The van der Waals surface area contributed by atoms with Crippen molar-refractivity contribution in [1.29, 1.82) is 0 Å². The number of aliphatic hydroxyl groups excluding tert-OH is 1. The Balaban J connectivity index is 1.90. The quantitative estimate of drug-likeness (QED) is 0.911. The number of hydrogen-bond donors (Lipinski definition) is 1. The van der Waals surface area contributed by atoms with Crippen LogP contribution >= 0.6 is 0 Å². The van der Waals surface area contributed by atoms with Crippen molar-refractivity contribution in [2.24, 2.45) is 0 Å². The molecular weight excluding hydrogens is 242 g/mol.